The van der Waals surface area contributed by atoms with Crippen LogP contribution in [0.1, 0.15) is 12.0 Å². The van der Waals surface area contributed by atoms with Crippen molar-refractivity contribution in [1.82, 2.24) is 4.90 Å². The van der Waals surface area contributed by atoms with Crippen molar-refractivity contribution in [2.45, 2.75) is 23.5 Å². The number of benzene rings is 2. The molecular weight excluding hydrogens is 374 g/mol. The number of amides is 1. The molecule has 1 saturated heterocycles. The molecule has 0 aromatic heterocycles. The first-order valence-electron chi connectivity index (χ1n) is 8.33. The highest BCUT2D eigenvalue weighted by Crippen LogP contribution is 2.25. The Morgan fingerprint density at radius 1 is 1.15 bits per heavy atom. The molecule has 1 aliphatic rings. The second-order valence-electron chi connectivity index (χ2n) is 6.35. The quantitative estimate of drug-likeness (QED) is 0.783. The minimum Gasteiger partial charge on any atom is -0.484 e. The summed E-state index contributed by atoms with van der Waals surface area (Å²) in [5, 5.41) is -0.118. The van der Waals surface area contributed by atoms with Crippen molar-refractivity contribution in [1.29, 1.82) is 0 Å². The lowest BCUT2D eigenvalue weighted by Crippen LogP contribution is -2.35. The zero-order chi connectivity index (χ0) is 18.7. The van der Waals surface area contributed by atoms with Crippen molar-refractivity contribution < 1.29 is 17.9 Å². The molecule has 0 aliphatic carbocycles. The number of sulfone groups is 1. The third kappa shape index (κ3) is 4.19. The molecule has 7 heteroatoms. The van der Waals surface area contributed by atoms with E-state index in [2.05, 4.69) is 0 Å². The third-order valence-corrected chi connectivity index (χ3v) is 6.91. The smallest absolute Gasteiger partial charge is 0.260 e. The summed E-state index contributed by atoms with van der Waals surface area (Å²) in [5.41, 5.74) is 1.11. The number of aryl methyl sites for hydroxylation is 1. The van der Waals surface area contributed by atoms with Crippen LogP contribution in [0.25, 0.3) is 0 Å². The van der Waals surface area contributed by atoms with Crippen LogP contribution in [0.4, 0.5) is 0 Å². The molecule has 1 atom stereocenters. The van der Waals surface area contributed by atoms with Crippen molar-refractivity contribution >= 4 is 27.3 Å². The van der Waals surface area contributed by atoms with Crippen molar-refractivity contribution in [3.05, 3.63) is 59.1 Å². The number of hydrogen-bond acceptors (Lipinski definition) is 4. The molecule has 1 heterocycles. The average Bonchev–Trinajstić information content (AvgIpc) is 3.12. The first kappa shape index (κ1) is 18.7. The number of halogens is 1. The number of nitrogens with zero attached hydrogens (tertiary/aromatic N) is 1. The zero-order valence-corrected chi connectivity index (χ0v) is 16.0. The molecular formula is C19H20ClNO4S. The Balaban J connectivity index is 1.59. The normalized spacial score (nSPS) is 17.3. The summed E-state index contributed by atoms with van der Waals surface area (Å²) in [5.74, 6) is 0.410. The molecule has 0 N–H and O–H groups in total. The SMILES string of the molecule is Cc1ccc(OCC(=O)N2CCC(S(=O)(=O)c3ccc(Cl)cc3)C2)cc1. The second kappa shape index (κ2) is 7.68. The molecule has 5 nitrogen and oxygen atoms in total. The second-order valence-corrected chi connectivity index (χ2v) is 9.02. The molecule has 0 radical (unpaired) electrons. The molecule has 0 spiro atoms. The van der Waals surface area contributed by atoms with Crippen LogP contribution in [0.15, 0.2) is 53.4 Å². The Morgan fingerprint density at radius 2 is 1.81 bits per heavy atom. The van der Waals surface area contributed by atoms with E-state index in [0.29, 0.717) is 23.7 Å². The summed E-state index contributed by atoms with van der Waals surface area (Å²) in [6.07, 6.45) is 0.418. The van der Waals surface area contributed by atoms with Crippen LogP contribution >= 0.6 is 11.6 Å². The number of rotatable bonds is 5. The van der Waals surface area contributed by atoms with Gasteiger partial charge in [-0.25, -0.2) is 8.42 Å². The van der Waals surface area contributed by atoms with E-state index in [9.17, 15) is 13.2 Å². The maximum absolute atomic E-state index is 12.7. The molecule has 1 amide bonds. The lowest BCUT2D eigenvalue weighted by molar-refractivity contribution is -0.132. The fraction of sp³-hybridized carbons (Fsp3) is 0.316. The maximum atomic E-state index is 12.7. The topological polar surface area (TPSA) is 63.7 Å². The van der Waals surface area contributed by atoms with Crippen LogP contribution in [-0.4, -0.2) is 44.2 Å². The number of carbonyl (C=O) groups excluding carboxylic acids is 1. The van der Waals surface area contributed by atoms with Gasteiger partial charge in [0.25, 0.3) is 5.91 Å². The lowest BCUT2D eigenvalue weighted by atomic mass is 10.2. The Kier molecular flexibility index (Phi) is 5.53. The fourth-order valence-electron chi connectivity index (χ4n) is 2.90. The van der Waals surface area contributed by atoms with Crippen LogP contribution in [0.2, 0.25) is 5.02 Å². The van der Waals surface area contributed by atoms with Gasteiger partial charge in [-0.3, -0.25) is 4.79 Å². The highest BCUT2D eigenvalue weighted by molar-refractivity contribution is 7.92. The van der Waals surface area contributed by atoms with Gasteiger partial charge in [0.15, 0.2) is 16.4 Å². The molecule has 1 unspecified atom stereocenters. The van der Waals surface area contributed by atoms with Gasteiger partial charge in [0.1, 0.15) is 5.75 Å². The summed E-state index contributed by atoms with van der Waals surface area (Å²) in [7, 11) is -3.49. The molecule has 0 bridgehead atoms. The average molecular weight is 394 g/mol. The number of ether oxygens (including phenoxy) is 1. The number of hydrogen-bond donors (Lipinski definition) is 0. The van der Waals surface area contributed by atoms with Gasteiger partial charge in [-0.05, 0) is 49.7 Å². The molecule has 2 aromatic carbocycles. The molecule has 26 heavy (non-hydrogen) atoms. The monoisotopic (exact) mass is 393 g/mol. The van der Waals surface area contributed by atoms with Crippen LogP contribution in [-0.2, 0) is 14.6 Å². The van der Waals surface area contributed by atoms with Crippen molar-refractivity contribution in [3.63, 3.8) is 0 Å². The van der Waals surface area contributed by atoms with Crippen molar-refractivity contribution in [3.8, 4) is 5.75 Å². The first-order chi connectivity index (χ1) is 12.4. The zero-order valence-electron chi connectivity index (χ0n) is 14.4. The van der Waals surface area contributed by atoms with Gasteiger partial charge in [0, 0.05) is 18.1 Å². The largest absolute Gasteiger partial charge is 0.484 e. The van der Waals surface area contributed by atoms with E-state index in [-0.39, 0.29) is 24.0 Å². The van der Waals surface area contributed by atoms with E-state index in [0.717, 1.165) is 5.56 Å². The van der Waals surface area contributed by atoms with E-state index in [1.807, 2.05) is 19.1 Å². The van der Waals surface area contributed by atoms with E-state index >= 15 is 0 Å². The summed E-state index contributed by atoms with van der Waals surface area (Å²) >= 11 is 5.82. The Hall–Kier alpha value is -2.05. The third-order valence-electron chi connectivity index (χ3n) is 4.46. The van der Waals surface area contributed by atoms with Gasteiger partial charge >= 0.3 is 0 Å². The van der Waals surface area contributed by atoms with Gasteiger partial charge in [0.05, 0.1) is 10.1 Å². The van der Waals surface area contributed by atoms with E-state index in [1.54, 1.807) is 29.2 Å². The van der Waals surface area contributed by atoms with E-state index in [4.69, 9.17) is 16.3 Å². The van der Waals surface area contributed by atoms with Crippen LogP contribution in [0, 0.1) is 6.92 Å². The Bertz CT molecular complexity index is 879. The Labute approximate surface area is 158 Å². The molecule has 0 saturated carbocycles. The summed E-state index contributed by atoms with van der Waals surface area (Å²) < 4.78 is 30.9. The van der Waals surface area contributed by atoms with Gasteiger partial charge in [-0.15, -0.1) is 0 Å². The van der Waals surface area contributed by atoms with Crippen molar-refractivity contribution in [2.75, 3.05) is 19.7 Å². The fourth-order valence-corrected chi connectivity index (χ4v) is 4.71. The van der Waals surface area contributed by atoms with Crippen molar-refractivity contribution in [2.24, 2.45) is 0 Å². The van der Waals surface area contributed by atoms with Gasteiger partial charge < -0.3 is 9.64 Å². The molecule has 3 rings (SSSR count). The van der Waals surface area contributed by atoms with Gasteiger partial charge in [-0.1, -0.05) is 29.3 Å². The number of carbonyl (C=O) groups is 1. The highest BCUT2D eigenvalue weighted by Gasteiger charge is 2.36. The van der Waals surface area contributed by atoms with Crippen LogP contribution in [0.5, 0.6) is 5.75 Å². The minimum atomic E-state index is -3.49. The Morgan fingerprint density at radius 3 is 2.46 bits per heavy atom. The number of likely N-dealkylation sites (tertiary alicyclic amines) is 1. The highest BCUT2D eigenvalue weighted by atomic mass is 35.5. The van der Waals surface area contributed by atoms with E-state index in [1.165, 1.54) is 12.1 Å². The van der Waals surface area contributed by atoms with E-state index < -0.39 is 15.1 Å². The maximum Gasteiger partial charge on any atom is 0.260 e. The first-order valence-corrected chi connectivity index (χ1v) is 10.3. The summed E-state index contributed by atoms with van der Waals surface area (Å²) in [4.78, 5) is 14.1. The standard InChI is InChI=1S/C19H20ClNO4S/c1-14-2-6-16(7-3-14)25-13-19(22)21-11-10-18(12-21)26(23,24)17-8-4-15(20)5-9-17/h2-9,18H,10-13H2,1H3. The van der Waals surface area contributed by atoms with Crippen LogP contribution in [0.3, 0.4) is 0 Å². The predicted octanol–water partition coefficient (Wildman–Crippen LogP) is 3.10. The van der Waals surface area contributed by atoms with Gasteiger partial charge in [0.2, 0.25) is 0 Å². The summed E-state index contributed by atoms with van der Waals surface area (Å²) in [6, 6.07) is 13.5. The van der Waals surface area contributed by atoms with Gasteiger partial charge in [-0.2, -0.15) is 0 Å². The lowest BCUT2D eigenvalue weighted by Gasteiger charge is -2.17. The minimum absolute atomic E-state index is 0.100. The molecule has 1 fully saturated rings. The summed E-state index contributed by atoms with van der Waals surface area (Å²) in [6.45, 7) is 2.46. The molecule has 2 aromatic rings. The van der Waals surface area contributed by atoms with Crippen LogP contribution < -0.4 is 4.74 Å². The molecule has 138 valence electrons. The predicted molar refractivity (Wildman–Crippen MR) is 100 cm³/mol. The molecule has 1 aliphatic heterocycles.